The smallest absolute Gasteiger partial charge is 0.330 e. The number of hydrogen-bond acceptors (Lipinski definition) is 1. The van der Waals surface area contributed by atoms with Crippen LogP contribution >= 0.6 is 0 Å². The van der Waals surface area contributed by atoms with E-state index >= 15 is 0 Å². The monoisotopic (exact) mass is 157 g/mol. The summed E-state index contributed by atoms with van der Waals surface area (Å²) in [4.78, 5) is 0. The van der Waals surface area contributed by atoms with Gasteiger partial charge in [-0.15, -0.1) is 0 Å². The molecule has 1 saturated heterocycles. The number of hydrogen-bond donors (Lipinski definition) is 3. The normalized spacial score (nSPS) is 25.2. The maximum Gasteiger partial charge on any atom is 0.341 e. The zero-order chi connectivity index (χ0) is 8.27. The van der Waals surface area contributed by atoms with Gasteiger partial charge in [0.25, 0.3) is 0 Å². The molecule has 0 saturated carbocycles. The molecule has 0 aromatic carbocycles. The minimum atomic E-state index is 0.445. The van der Waals surface area contributed by atoms with Crippen molar-refractivity contribution >= 4 is 5.96 Å². The van der Waals surface area contributed by atoms with Crippen LogP contribution in [0.2, 0.25) is 0 Å². The first-order chi connectivity index (χ1) is 5.24. The van der Waals surface area contributed by atoms with Crippen molar-refractivity contribution in [2.45, 2.75) is 12.8 Å². The molecule has 0 bridgehead atoms. The Hall–Kier alpha value is -0.770. The van der Waals surface area contributed by atoms with Crippen LogP contribution in [0.1, 0.15) is 12.8 Å². The van der Waals surface area contributed by atoms with E-state index in [1.54, 1.807) is 0 Å². The van der Waals surface area contributed by atoms with Gasteiger partial charge >= 0.3 is 5.96 Å². The van der Waals surface area contributed by atoms with E-state index in [1.807, 2.05) is 4.58 Å². The van der Waals surface area contributed by atoms with Gasteiger partial charge in [0.2, 0.25) is 0 Å². The Morgan fingerprint density at radius 3 is 2.18 bits per heavy atom. The molecule has 1 rings (SSSR count). The van der Waals surface area contributed by atoms with Crippen molar-refractivity contribution in [1.29, 1.82) is 0 Å². The van der Waals surface area contributed by atoms with Crippen LogP contribution in [0.15, 0.2) is 0 Å². The Labute approximate surface area is 67.0 Å². The Bertz CT molecular complexity index is 150. The molecule has 1 heterocycles. The summed E-state index contributed by atoms with van der Waals surface area (Å²) in [7, 11) is 0. The van der Waals surface area contributed by atoms with Gasteiger partial charge in [-0.05, 0) is 25.3 Å². The highest BCUT2D eigenvalue weighted by atomic mass is 15.1. The van der Waals surface area contributed by atoms with Crippen LogP contribution in [0.5, 0.6) is 0 Å². The van der Waals surface area contributed by atoms with E-state index in [1.165, 1.54) is 0 Å². The largest absolute Gasteiger partial charge is 0.341 e. The van der Waals surface area contributed by atoms with E-state index in [0.29, 0.717) is 11.9 Å². The number of rotatable bonds is 1. The Balaban J connectivity index is 2.42. The topological polar surface area (TPSA) is 81.1 Å². The molecule has 4 heteroatoms. The highest BCUT2D eigenvalue weighted by Gasteiger charge is 2.17. The maximum absolute atomic E-state index is 5.54. The lowest BCUT2D eigenvalue weighted by molar-refractivity contribution is -0.542. The van der Waals surface area contributed by atoms with Crippen LogP contribution in [0.4, 0.5) is 0 Å². The van der Waals surface area contributed by atoms with Crippen LogP contribution in [0.3, 0.4) is 0 Å². The van der Waals surface area contributed by atoms with E-state index in [9.17, 15) is 0 Å². The number of nitrogens with zero attached hydrogens (tertiary/aromatic N) is 1. The Kier molecular flexibility index (Phi) is 2.70. The summed E-state index contributed by atoms with van der Waals surface area (Å²) in [5.74, 6) is 1.12. The van der Waals surface area contributed by atoms with Crippen LogP contribution in [-0.4, -0.2) is 30.2 Å². The summed E-state index contributed by atoms with van der Waals surface area (Å²) in [5, 5.41) is 0. The molecular weight excluding hydrogens is 140 g/mol. The lowest BCUT2D eigenvalue weighted by Crippen LogP contribution is -2.41. The number of piperidine rings is 1. The molecule has 1 fully saturated rings. The second kappa shape index (κ2) is 3.57. The molecule has 0 aromatic heterocycles. The maximum atomic E-state index is 5.54. The van der Waals surface area contributed by atoms with Gasteiger partial charge < -0.3 is 5.73 Å². The first-order valence-electron chi connectivity index (χ1n) is 4.07. The molecule has 0 radical (unpaired) electrons. The highest BCUT2D eigenvalue weighted by Crippen LogP contribution is 2.11. The van der Waals surface area contributed by atoms with Gasteiger partial charge in [0.05, 0.1) is 13.1 Å². The van der Waals surface area contributed by atoms with Crippen molar-refractivity contribution in [3.05, 3.63) is 0 Å². The summed E-state index contributed by atoms with van der Waals surface area (Å²) in [6.07, 6.45) is 2.24. The quantitative estimate of drug-likeness (QED) is 0.325. The zero-order valence-corrected chi connectivity index (χ0v) is 6.79. The molecule has 6 N–H and O–H groups in total. The minimum Gasteiger partial charge on any atom is -0.330 e. The summed E-state index contributed by atoms with van der Waals surface area (Å²) in [6, 6.07) is 0. The fraction of sp³-hybridized carbons (Fsp3) is 0.857. The molecule has 64 valence electrons. The van der Waals surface area contributed by atoms with Crippen molar-refractivity contribution in [3.63, 3.8) is 0 Å². The molecule has 0 amide bonds. The van der Waals surface area contributed by atoms with E-state index in [0.717, 1.165) is 32.5 Å². The SMILES string of the molecule is NCC1CC[N+](=C(N)N)CC1. The van der Waals surface area contributed by atoms with Gasteiger partial charge in [-0.3, -0.25) is 16.0 Å². The predicted molar refractivity (Wildman–Crippen MR) is 45.2 cm³/mol. The summed E-state index contributed by atoms with van der Waals surface area (Å²) < 4.78 is 2.01. The van der Waals surface area contributed by atoms with Crippen molar-refractivity contribution in [2.75, 3.05) is 19.6 Å². The van der Waals surface area contributed by atoms with Crippen LogP contribution in [0, 0.1) is 5.92 Å². The fourth-order valence-electron chi connectivity index (χ4n) is 1.43. The molecule has 0 aromatic rings. The number of nitrogens with two attached hydrogens (primary N) is 3. The van der Waals surface area contributed by atoms with Gasteiger partial charge in [-0.1, -0.05) is 0 Å². The van der Waals surface area contributed by atoms with Gasteiger partial charge in [-0.2, -0.15) is 0 Å². The zero-order valence-electron chi connectivity index (χ0n) is 6.79. The van der Waals surface area contributed by atoms with E-state index in [2.05, 4.69) is 0 Å². The van der Waals surface area contributed by atoms with E-state index in [-0.39, 0.29) is 0 Å². The standard InChI is InChI=1S/C7H16N4/c8-5-6-1-3-11(4-2-6)7(9)10/h6H,1-5,8H2,(H3,9,10)/p+1. The molecule has 1 aliphatic heterocycles. The van der Waals surface area contributed by atoms with Crippen LogP contribution < -0.4 is 17.2 Å². The third-order valence-corrected chi connectivity index (χ3v) is 2.31. The van der Waals surface area contributed by atoms with Gasteiger partial charge in [0.15, 0.2) is 0 Å². The van der Waals surface area contributed by atoms with Crippen molar-refractivity contribution in [1.82, 2.24) is 0 Å². The lowest BCUT2D eigenvalue weighted by atomic mass is 9.98. The first-order valence-corrected chi connectivity index (χ1v) is 4.07. The predicted octanol–water partition coefficient (Wildman–Crippen LogP) is -1.36. The Morgan fingerprint density at radius 1 is 1.27 bits per heavy atom. The molecule has 1 aliphatic rings. The molecule has 0 unspecified atom stereocenters. The van der Waals surface area contributed by atoms with Gasteiger partial charge in [0.1, 0.15) is 0 Å². The molecule has 0 aliphatic carbocycles. The Morgan fingerprint density at radius 2 is 1.82 bits per heavy atom. The first kappa shape index (κ1) is 8.33. The van der Waals surface area contributed by atoms with Crippen molar-refractivity contribution in [2.24, 2.45) is 23.1 Å². The summed E-state index contributed by atoms with van der Waals surface area (Å²) >= 11 is 0. The van der Waals surface area contributed by atoms with E-state index in [4.69, 9.17) is 17.2 Å². The molecule has 0 atom stereocenters. The second-order valence-corrected chi connectivity index (χ2v) is 3.09. The highest BCUT2D eigenvalue weighted by molar-refractivity contribution is 5.70. The minimum absolute atomic E-state index is 0.445. The third kappa shape index (κ3) is 2.08. The molecular formula is C7H17N4+. The van der Waals surface area contributed by atoms with E-state index < -0.39 is 0 Å². The van der Waals surface area contributed by atoms with Crippen molar-refractivity contribution in [3.8, 4) is 0 Å². The fourth-order valence-corrected chi connectivity index (χ4v) is 1.43. The van der Waals surface area contributed by atoms with Gasteiger partial charge in [-0.25, -0.2) is 0 Å². The number of guanidine groups is 1. The molecule has 0 spiro atoms. The van der Waals surface area contributed by atoms with Crippen molar-refractivity contribution < 1.29 is 4.58 Å². The average Bonchev–Trinajstić information content (AvgIpc) is 2.05. The average molecular weight is 157 g/mol. The summed E-state index contributed by atoms with van der Waals surface area (Å²) in [5.41, 5.74) is 16.4. The lowest BCUT2D eigenvalue weighted by Gasteiger charge is -2.22. The third-order valence-electron chi connectivity index (χ3n) is 2.31. The molecule has 11 heavy (non-hydrogen) atoms. The summed E-state index contributed by atoms with van der Waals surface area (Å²) in [6.45, 7) is 2.71. The van der Waals surface area contributed by atoms with Crippen LogP contribution in [0.25, 0.3) is 0 Å². The van der Waals surface area contributed by atoms with Gasteiger partial charge in [0, 0.05) is 0 Å². The second-order valence-electron chi connectivity index (χ2n) is 3.09. The van der Waals surface area contributed by atoms with Crippen LogP contribution in [-0.2, 0) is 0 Å². The molecule has 4 nitrogen and oxygen atoms in total.